The highest BCUT2D eigenvalue weighted by molar-refractivity contribution is 7.91. The quantitative estimate of drug-likeness (QED) is 0.765. The van der Waals surface area contributed by atoms with Crippen LogP contribution >= 0.6 is 0 Å². The molecule has 1 heterocycles. The van der Waals surface area contributed by atoms with Gasteiger partial charge >= 0.3 is 0 Å². The Balaban J connectivity index is 1.84. The Bertz CT molecular complexity index is 1100. The van der Waals surface area contributed by atoms with Gasteiger partial charge in [-0.1, -0.05) is 24.3 Å². The number of sulfone groups is 1. The van der Waals surface area contributed by atoms with E-state index in [1.807, 2.05) is 17.0 Å². The Morgan fingerprint density at radius 2 is 1.69 bits per heavy atom. The number of primary sulfonamides is 1. The minimum atomic E-state index is -3.98. The summed E-state index contributed by atoms with van der Waals surface area (Å²) < 4.78 is 48.0. The van der Waals surface area contributed by atoms with Crippen molar-refractivity contribution < 1.29 is 16.8 Å². The number of aryl methyl sites for hydroxylation is 1. The Morgan fingerprint density at radius 3 is 2.34 bits per heavy atom. The van der Waals surface area contributed by atoms with Crippen molar-refractivity contribution in [1.29, 1.82) is 0 Å². The monoisotopic (exact) mass is 437 g/mol. The predicted molar refractivity (Wildman–Crippen MR) is 114 cm³/mol. The van der Waals surface area contributed by atoms with Crippen LogP contribution in [0.4, 0.5) is 5.69 Å². The lowest BCUT2D eigenvalue weighted by Gasteiger charge is -2.26. The summed E-state index contributed by atoms with van der Waals surface area (Å²) in [6.45, 7) is 6.00. The molecule has 2 N–H and O–H groups in total. The normalized spacial score (nSPS) is 16.6. The third-order valence-electron chi connectivity index (χ3n) is 5.24. The molecule has 1 saturated heterocycles. The first-order valence-electron chi connectivity index (χ1n) is 9.44. The molecule has 1 aliphatic heterocycles. The molecule has 2 aromatic rings. The van der Waals surface area contributed by atoms with Gasteiger partial charge in [0.15, 0.2) is 9.84 Å². The van der Waals surface area contributed by atoms with E-state index in [9.17, 15) is 16.8 Å². The van der Waals surface area contributed by atoms with Gasteiger partial charge in [-0.25, -0.2) is 22.0 Å². The van der Waals surface area contributed by atoms with E-state index in [4.69, 9.17) is 5.14 Å². The average molecular weight is 438 g/mol. The smallest absolute Gasteiger partial charge is 0.238 e. The first-order valence-corrected chi connectivity index (χ1v) is 12.9. The molecule has 0 unspecified atom stereocenters. The van der Waals surface area contributed by atoms with Gasteiger partial charge in [-0.05, 0) is 42.7 Å². The van der Waals surface area contributed by atoms with E-state index >= 15 is 0 Å². The van der Waals surface area contributed by atoms with Crippen LogP contribution < -0.4 is 10.0 Å². The van der Waals surface area contributed by atoms with Crippen LogP contribution in [0.3, 0.4) is 0 Å². The summed E-state index contributed by atoms with van der Waals surface area (Å²) >= 11 is 0. The van der Waals surface area contributed by atoms with Gasteiger partial charge in [0.05, 0.1) is 15.5 Å². The standard InChI is InChI=1S/C20H27N3O4S2/c1-16-6-3-4-7-17(16)15-22-10-5-11-23(13-12-22)19-9-8-18(29(21,26)27)14-20(19)28(2,24)25/h3-4,6-9,14H,5,10-13,15H2,1-2H3,(H2,21,26,27). The molecule has 0 aliphatic carbocycles. The number of nitrogens with two attached hydrogens (primary N) is 1. The van der Waals surface area contributed by atoms with Crippen molar-refractivity contribution in [2.45, 2.75) is 29.7 Å². The van der Waals surface area contributed by atoms with Gasteiger partial charge in [0, 0.05) is 39.0 Å². The molecule has 158 valence electrons. The van der Waals surface area contributed by atoms with Crippen LogP contribution in [0.15, 0.2) is 52.3 Å². The third kappa shape index (κ3) is 5.36. The Morgan fingerprint density at radius 1 is 0.966 bits per heavy atom. The number of anilines is 1. The highest BCUT2D eigenvalue weighted by Crippen LogP contribution is 2.29. The molecule has 0 radical (unpaired) electrons. The number of hydrogen-bond acceptors (Lipinski definition) is 6. The molecule has 0 saturated carbocycles. The topological polar surface area (TPSA) is 101 Å². The lowest BCUT2D eigenvalue weighted by atomic mass is 10.1. The van der Waals surface area contributed by atoms with Crippen molar-refractivity contribution in [1.82, 2.24) is 4.90 Å². The summed E-state index contributed by atoms with van der Waals surface area (Å²) in [5.74, 6) is 0. The molecule has 1 fully saturated rings. The highest BCUT2D eigenvalue weighted by Gasteiger charge is 2.23. The molecular weight excluding hydrogens is 410 g/mol. The summed E-state index contributed by atoms with van der Waals surface area (Å²) in [4.78, 5) is 4.18. The molecule has 1 aliphatic rings. The summed E-state index contributed by atoms with van der Waals surface area (Å²) in [5, 5.41) is 5.18. The second kappa shape index (κ2) is 8.43. The fraction of sp³-hybridized carbons (Fsp3) is 0.400. The lowest BCUT2D eigenvalue weighted by Crippen LogP contribution is -2.31. The SMILES string of the molecule is Cc1ccccc1CN1CCCN(c2ccc(S(N)(=O)=O)cc2S(C)(=O)=O)CC1. The number of benzene rings is 2. The minimum absolute atomic E-state index is 0.00335. The zero-order chi connectivity index (χ0) is 21.2. The fourth-order valence-electron chi connectivity index (χ4n) is 3.63. The maximum absolute atomic E-state index is 12.3. The number of nitrogens with zero attached hydrogens (tertiary/aromatic N) is 2. The molecule has 0 amide bonds. The number of hydrogen-bond donors (Lipinski definition) is 1. The van der Waals surface area contributed by atoms with Crippen LogP contribution in [0.5, 0.6) is 0 Å². The van der Waals surface area contributed by atoms with Gasteiger partial charge in [-0.2, -0.15) is 0 Å². The molecular formula is C20H27N3O4S2. The van der Waals surface area contributed by atoms with Crippen LogP contribution in [0.1, 0.15) is 17.5 Å². The predicted octanol–water partition coefficient (Wildman–Crippen LogP) is 1.76. The summed E-state index contributed by atoms with van der Waals surface area (Å²) in [7, 11) is -7.60. The van der Waals surface area contributed by atoms with Crippen LogP contribution in [0, 0.1) is 6.92 Å². The van der Waals surface area contributed by atoms with Crippen molar-refractivity contribution in [2.75, 3.05) is 37.3 Å². The van der Waals surface area contributed by atoms with Crippen molar-refractivity contribution >= 4 is 25.5 Å². The Kier molecular flexibility index (Phi) is 6.33. The number of rotatable bonds is 5. The van der Waals surface area contributed by atoms with Crippen molar-refractivity contribution in [3.05, 3.63) is 53.6 Å². The maximum atomic E-state index is 12.3. The second-order valence-corrected chi connectivity index (χ2v) is 11.0. The first-order chi connectivity index (χ1) is 13.6. The summed E-state index contributed by atoms with van der Waals surface area (Å²) in [6.07, 6.45) is 1.97. The zero-order valence-electron chi connectivity index (χ0n) is 16.7. The van der Waals surface area contributed by atoms with Crippen LogP contribution in [-0.4, -0.2) is 54.2 Å². The van der Waals surface area contributed by atoms with Crippen molar-refractivity contribution in [2.24, 2.45) is 5.14 Å². The largest absolute Gasteiger partial charge is 0.369 e. The van der Waals surface area contributed by atoms with E-state index in [0.717, 1.165) is 38.4 Å². The van der Waals surface area contributed by atoms with Gasteiger partial charge in [0.25, 0.3) is 0 Å². The van der Waals surface area contributed by atoms with E-state index in [1.165, 1.54) is 17.2 Å². The van der Waals surface area contributed by atoms with Crippen LogP contribution in [0.25, 0.3) is 0 Å². The highest BCUT2D eigenvalue weighted by atomic mass is 32.2. The maximum Gasteiger partial charge on any atom is 0.238 e. The lowest BCUT2D eigenvalue weighted by molar-refractivity contribution is 0.285. The molecule has 0 aromatic heterocycles. The van der Waals surface area contributed by atoms with Gasteiger partial charge in [0.2, 0.25) is 10.0 Å². The van der Waals surface area contributed by atoms with Gasteiger partial charge < -0.3 is 4.90 Å². The molecule has 29 heavy (non-hydrogen) atoms. The average Bonchev–Trinajstić information content (AvgIpc) is 2.87. The van der Waals surface area contributed by atoms with E-state index in [-0.39, 0.29) is 9.79 Å². The Labute approximate surface area is 173 Å². The first kappa shape index (κ1) is 21.8. The van der Waals surface area contributed by atoms with Gasteiger partial charge in [-0.15, -0.1) is 0 Å². The summed E-state index contributed by atoms with van der Waals surface area (Å²) in [6, 6.07) is 12.4. The van der Waals surface area contributed by atoms with E-state index < -0.39 is 19.9 Å². The minimum Gasteiger partial charge on any atom is -0.369 e. The zero-order valence-corrected chi connectivity index (χ0v) is 18.3. The van der Waals surface area contributed by atoms with Gasteiger partial charge in [-0.3, -0.25) is 4.90 Å². The molecule has 0 bridgehead atoms. The summed E-state index contributed by atoms with van der Waals surface area (Å²) in [5.41, 5.74) is 3.07. The fourth-order valence-corrected chi connectivity index (χ4v) is 5.16. The number of sulfonamides is 1. The van der Waals surface area contributed by atoms with Crippen LogP contribution in [-0.2, 0) is 26.4 Å². The van der Waals surface area contributed by atoms with Gasteiger partial charge in [0.1, 0.15) is 0 Å². The molecule has 0 spiro atoms. The molecule has 9 heteroatoms. The molecule has 7 nitrogen and oxygen atoms in total. The van der Waals surface area contributed by atoms with E-state index in [2.05, 4.69) is 24.0 Å². The van der Waals surface area contributed by atoms with Crippen molar-refractivity contribution in [3.8, 4) is 0 Å². The van der Waals surface area contributed by atoms with E-state index in [1.54, 1.807) is 6.07 Å². The van der Waals surface area contributed by atoms with Crippen molar-refractivity contribution in [3.63, 3.8) is 0 Å². The van der Waals surface area contributed by atoms with Crippen LogP contribution in [0.2, 0.25) is 0 Å². The van der Waals surface area contributed by atoms with E-state index in [0.29, 0.717) is 18.8 Å². The molecule has 3 rings (SSSR count). The third-order valence-corrected chi connectivity index (χ3v) is 7.28. The molecule has 0 atom stereocenters. The molecule has 2 aromatic carbocycles. The second-order valence-electron chi connectivity index (χ2n) is 7.49. The Hall–Kier alpha value is -1.94.